The Kier molecular flexibility index (Phi) is 4.20. The number of ether oxygens (including phenoxy) is 1. The molecule has 2 aromatic rings. The number of rotatable bonds is 3. The number of hydrogen-bond acceptors (Lipinski definition) is 2. The standard InChI is InChI=1S/C14H10ClF2NO2/c1-20-13-5-3-9(7-12(13)17)18-14(19)10-6-8(15)2-4-11(10)16/h2-7H,1H3,(H,18,19). The summed E-state index contributed by atoms with van der Waals surface area (Å²) < 4.78 is 31.7. The molecule has 2 rings (SSSR count). The van der Waals surface area contributed by atoms with Gasteiger partial charge in [-0.05, 0) is 30.3 Å². The number of nitrogens with one attached hydrogen (secondary N) is 1. The van der Waals surface area contributed by atoms with Crippen molar-refractivity contribution >= 4 is 23.2 Å². The van der Waals surface area contributed by atoms with Gasteiger partial charge < -0.3 is 10.1 Å². The first-order valence-electron chi connectivity index (χ1n) is 5.61. The number of halogens is 3. The third-order valence-electron chi connectivity index (χ3n) is 2.58. The maximum absolute atomic E-state index is 13.5. The first kappa shape index (κ1) is 14.3. The normalized spacial score (nSPS) is 10.2. The monoisotopic (exact) mass is 297 g/mol. The molecule has 6 heteroatoms. The van der Waals surface area contributed by atoms with Crippen LogP contribution in [0.3, 0.4) is 0 Å². The summed E-state index contributed by atoms with van der Waals surface area (Å²) in [6.07, 6.45) is 0. The van der Waals surface area contributed by atoms with E-state index in [0.717, 1.165) is 12.1 Å². The van der Waals surface area contributed by atoms with Crippen LogP contribution in [0.15, 0.2) is 36.4 Å². The van der Waals surface area contributed by atoms with Crippen molar-refractivity contribution in [2.24, 2.45) is 0 Å². The van der Waals surface area contributed by atoms with Crippen LogP contribution in [-0.2, 0) is 0 Å². The van der Waals surface area contributed by atoms with E-state index in [1.54, 1.807) is 0 Å². The second-order valence-electron chi connectivity index (χ2n) is 3.93. The van der Waals surface area contributed by atoms with Crippen LogP contribution in [0, 0.1) is 11.6 Å². The quantitative estimate of drug-likeness (QED) is 0.933. The van der Waals surface area contributed by atoms with Gasteiger partial charge >= 0.3 is 0 Å². The highest BCUT2D eigenvalue weighted by Crippen LogP contribution is 2.22. The lowest BCUT2D eigenvalue weighted by atomic mass is 10.2. The minimum Gasteiger partial charge on any atom is -0.494 e. The minimum atomic E-state index is -0.713. The molecule has 0 unspecified atom stereocenters. The zero-order chi connectivity index (χ0) is 14.7. The molecule has 0 bridgehead atoms. The van der Waals surface area contributed by atoms with Crippen LogP contribution >= 0.6 is 11.6 Å². The first-order chi connectivity index (χ1) is 9.51. The Balaban J connectivity index is 2.23. The Morgan fingerprint density at radius 3 is 2.55 bits per heavy atom. The number of benzene rings is 2. The summed E-state index contributed by atoms with van der Waals surface area (Å²) in [6.45, 7) is 0. The zero-order valence-corrected chi connectivity index (χ0v) is 11.2. The highest BCUT2D eigenvalue weighted by atomic mass is 35.5. The fraction of sp³-hybridized carbons (Fsp3) is 0.0714. The van der Waals surface area contributed by atoms with E-state index in [9.17, 15) is 13.6 Å². The topological polar surface area (TPSA) is 38.3 Å². The van der Waals surface area contributed by atoms with Gasteiger partial charge in [0, 0.05) is 16.8 Å². The van der Waals surface area contributed by atoms with Crippen LogP contribution in [-0.4, -0.2) is 13.0 Å². The van der Waals surface area contributed by atoms with E-state index in [1.165, 1.54) is 31.4 Å². The summed E-state index contributed by atoms with van der Waals surface area (Å²) in [5.41, 5.74) is -0.0265. The Labute approximate surface area is 119 Å². The smallest absolute Gasteiger partial charge is 0.258 e. The zero-order valence-electron chi connectivity index (χ0n) is 10.4. The fourth-order valence-corrected chi connectivity index (χ4v) is 1.79. The van der Waals surface area contributed by atoms with E-state index >= 15 is 0 Å². The molecule has 104 valence electrons. The molecular formula is C14H10ClF2NO2. The van der Waals surface area contributed by atoms with Crippen molar-refractivity contribution in [3.63, 3.8) is 0 Å². The van der Waals surface area contributed by atoms with Gasteiger partial charge in [-0.3, -0.25) is 4.79 Å². The molecule has 0 radical (unpaired) electrons. The van der Waals surface area contributed by atoms with Crippen LogP contribution in [0.5, 0.6) is 5.75 Å². The van der Waals surface area contributed by atoms with Crippen molar-refractivity contribution in [3.05, 3.63) is 58.6 Å². The predicted molar refractivity (Wildman–Crippen MR) is 72.3 cm³/mol. The SMILES string of the molecule is COc1ccc(NC(=O)c2cc(Cl)ccc2F)cc1F. The van der Waals surface area contributed by atoms with Crippen LogP contribution in [0.4, 0.5) is 14.5 Å². The summed E-state index contributed by atoms with van der Waals surface area (Å²) in [4.78, 5) is 11.9. The highest BCUT2D eigenvalue weighted by molar-refractivity contribution is 6.31. The predicted octanol–water partition coefficient (Wildman–Crippen LogP) is 3.88. The molecule has 3 nitrogen and oxygen atoms in total. The number of hydrogen-bond donors (Lipinski definition) is 1. The van der Waals surface area contributed by atoms with Gasteiger partial charge in [-0.25, -0.2) is 8.78 Å². The maximum atomic E-state index is 13.5. The fourth-order valence-electron chi connectivity index (χ4n) is 1.61. The lowest BCUT2D eigenvalue weighted by Crippen LogP contribution is -2.14. The average molecular weight is 298 g/mol. The third kappa shape index (κ3) is 3.05. The molecule has 0 aliphatic rings. The van der Waals surface area contributed by atoms with Crippen molar-refractivity contribution in [1.82, 2.24) is 0 Å². The molecule has 0 aromatic heterocycles. The molecule has 0 heterocycles. The van der Waals surface area contributed by atoms with Gasteiger partial charge in [0.25, 0.3) is 5.91 Å². The number of anilines is 1. The minimum absolute atomic E-state index is 0.0527. The van der Waals surface area contributed by atoms with Gasteiger partial charge in [-0.15, -0.1) is 0 Å². The van der Waals surface area contributed by atoms with Gasteiger partial charge in [0.2, 0.25) is 0 Å². The summed E-state index contributed by atoms with van der Waals surface area (Å²) in [6, 6.07) is 7.51. The lowest BCUT2D eigenvalue weighted by molar-refractivity contribution is 0.102. The largest absolute Gasteiger partial charge is 0.494 e. The Hall–Kier alpha value is -2.14. The molecule has 0 aliphatic carbocycles. The Morgan fingerprint density at radius 2 is 1.90 bits per heavy atom. The highest BCUT2D eigenvalue weighted by Gasteiger charge is 2.13. The average Bonchev–Trinajstić information content (AvgIpc) is 2.41. The van der Waals surface area contributed by atoms with E-state index in [2.05, 4.69) is 5.32 Å². The second-order valence-corrected chi connectivity index (χ2v) is 4.36. The lowest BCUT2D eigenvalue weighted by Gasteiger charge is -2.08. The molecule has 1 N–H and O–H groups in total. The van der Waals surface area contributed by atoms with Crippen molar-refractivity contribution in [2.75, 3.05) is 12.4 Å². The maximum Gasteiger partial charge on any atom is 0.258 e. The van der Waals surface area contributed by atoms with Gasteiger partial charge in [-0.2, -0.15) is 0 Å². The van der Waals surface area contributed by atoms with Crippen LogP contribution in [0.1, 0.15) is 10.4 Å². The molecule has 0 fully saturated rings. The van der Waals surface area contributed by atoms with Crippen LogP contribution in [0.2, 0.25) is 5.02 Å². The van der Waals surface area contributed by atoms with E-state index in [1.807, 2.05) is 0 Å². The molecule has 0 aliphatic heterocycles. The molecule has 2 aromatic carbocycles. The van der Waals surface area contributed by atoms with E-state index in [4.69, 9.17) is 16.3 Å². The Bertz CT molecular complexity index is 662. The van der Waals surface area contributed by atoms with Gasteiger partial charge in [0.15, 0.2) is 11.6 Å². The molecule has 0 saturated heterocycles. The number of carbonyl (C=O) groups is 1. The van der Waals surface area contributed by atoms with E-state index in [-0.39, 0.29) is 22.0 Å². The summed E-state index contributed by atoms with van der Waals surface area (Å²) in [7, 11) is 1.33. The van der Waals surface area contributed by atoms with Crippen molar-refractivity contribution in [2.45, 2.75) is 0 Å². The molecule has 0 spiro atoms. The van der Waals surface area contributed by atoms with Gasteiger partial charge in [0.1, 0.15) is 5.82 Å². The van der Waals surface area contributed by atoms with Gasteiger partial charge in [-0.1, -0.05) is 11.6 Å². The van der Waals surface area contributed by atoms with Crippen LogP contribution < -0.4 is 10.1 Å². The first-order valence-corrected chi connectivity index (χ1v) is 5.99. The van der Waals surface area contributed by atoms with Crippen LogP contribution in [0.25, 0.3) is 0 Å². The number of carbonyl (C=O) groups excluding carboxylic acids is 1. The van der Waals surface area contributed by atoms with Crippen molar-refractivity contribution in [1.29, 1.82) is 0 Å². The van der Waals surface area contributed by atoms with E-state index < -0.39 is 17.5 Å². The van der Waals surface area contributed by atoms with Crippen molar-refractivity contribution in [3.8, 4) is 5.75 Å². The molecule has 0 atom stereocenters. The molecule has 20 heavy (non-hydrogen) atoms. The van der Waals surface area contributed by atoms with E-state index in [0.29, 0.717) is 0 Å². The molecular weight excluding hydrogens is 288 g/mol. The second kappa shape index (κ2) is 5.88. The summed E-state index contributed by atoms with van der Waals surface area (Å²) in [5, 5.41) is 2.62. The number of amides is 1. The summed E-state index contributed by atoms with van der Waals surface area (Å²) in [5.74, 6) is -2.00. The molecule has 1 amide bonds. The van der Waals surface area contributed by atoms with Crippen molar-refractivity contribution < 1.29 is 18.3 Å². The number of methoxy groups -OCH3 is 1. The van der Waals surface area contributed by atoms with Gasteiger partial charge in [0.05, 0.1) is 12.7 Å². The Morgan fingerprint density at radius 1 is 1.15 bits per heavy atom. The molecule has 0 saturated carbocycles. The summed E-state index contributed by atoms with van der Waals surface area (Å²) >= 11 is 5.71. The third-order valence-corrected chi connectivity index (χ3v) is 2.82.